The van der Waals surface area contributed by atoms with Gasteiger partial charge >= 0.3 is 5.97 Å². The second-order valence-electron chi connectivity index (χ2n) is 4.39. The van der Waals surface area contributed by atoms with Gasteiger partial charge in [-0.2, -0.15) is 0 Å². The van der Waals surface area contributed by atoms with Crippen molar-refractivity contribution in [3.05, 3.63) is 23.3 Å². The fraction of sp³-hybridized carbons (Fsp3) is 0.462. The Morgan fingerprint density at radius 1 is 1.40 bits per heavy atom. The smallest absolute Gasteiger partial charge is 0.340 e. The van der Waals surface area contributed by atoms with Crippen molar-refractivity contribution in [2.75, 3.05) is 44.0 Å². The average Bonchev–Trinajstić information content (AvgIpc) is 2.47. The lowest BCUT2D eigenvalue weighted by atomic mass is 10.1. The second-order valence-corrected chi connectivity index (χ2v) is 4.39. The van der Waals surface area contributed by atoms with Gasteiger partial charge < -0.3 is 20.1 Å². The van der Waals surface area contributed by atoms with Crippen LogP contribution in [0.25, 0.3) is 0 Å². The molecule has 0 aromatic heterocycles. The first-order valence-corrected chi connectivity index (χ1v) is 6.17. The molecule has 1 aromatic carbocycles. The Morgan fingerprint density at radius 2 is 2.05 bits per heavy atom. The van der Waals surface area contributed by atoms with Gasteiger partial charge in [-0.15, -0.1) is 0 Å². The summed E-state index contributed by atoms with van der Waals surface area (Å²) in [6.07, 6.45) is -2.66. The number of hydrogen-bond acceptors (Lipinski definition) is 5. The van der Waals surface area contributed by atoms with Crippen molar-refractivity contribution in [3.63, 3.8) is 0 Å². The summed E-state index contributed by atoms with van der Waals surface area (Å²) in [5.74, 6) is -0.641. The molecule has 7 heteroatoms. The van der Waals surface area contributed by atoms with Crippen molar-refractivity contribution in [3.8, 4) is 0 Å². The van der Waals surface area contributed by atoms with Gasteiger partial charge in [-0.05, 0) is 12.1 Å². The number of morpholine rings is 1. The summed E-state index contributed by atoms with van der Waals surface area (Å²) in [5, 5.41) is 0. The molecular formula is C13H16F2N2O3. The minimum absolute atomic E-state index is 0.0100. The fourth-order valence-corrected chi connectivity index (χ4v) is 2.16. The number of halogens is 2. The van der Waals surface area contributed by atoms with Crippen molar-refractivity contribution in [1.29, 1.82) is 0 Å². The fourth-order valence-electron chi connectivity index (χ4n) is 2.16. The number of esters is 1. The molecule has 1 aliphatic rings. The van der Waals surface area contributed by atoms with E-state index in [2.05, 4.69) is 4.74 Å². The molecule has 20 heavy (non-hydrogen) atoms. The lowest BCUT2D eigenvalue weighted by Gasteiger charge is -2.31. The maximum Gasteiger partial charge on any atom is 0.340 e. The van der Waals surface area contributed by atoms with Gasteiger partial charge in [0.1, 0.15) is 0 Å². The second kappa shape index (κ2) is 6.04. The van der Waals surface area contributed by atoms with Crippen molar-refractivity contribution < 1.29 is 23.0 Å². The zero-order valence-corrected chi connectivity index (χ0v) is 11.1. The molecule has 0 spiro atoms. The standard InChI is InChI=1S/C13H16F2N2O3/c1-19-13(18)8-7-11(17-2-4-20-5-3-17)9(12(14)15)6-10(8)16/h6-7,12H,2-5,16H2,1H3. The summed E-state index contributed by atoms with van der Waals surface area (Å²) in [7, 11) is 1.22. The van der Waals surface area contributed by atoms with E-state index in [1.807, 2.05) is 0 Å². The first kappa shape index (κ1) is 14.5. The lowest BCUT2D eigenvalue weighted by Crippen LogP contribution is -2.37. The molecule has 5 nitrogen and oxygen atoms in total. The SMILES string of the molecule is COC(=O)c1cc(N2CCOCC2)c(C(F)F)cc1N. The van der Waals surface area contributed by atoms with E-state index >= 15 is 0 Å². The van der Waals surface area contributed by atoms with Crippen LogP contribution in [0.15, 0.2) is 12.1 Å². The highest BCUT2D eigenvalue weighted by Crippen LogP contribution is 2.34. The third-order valence-corrected chi connectivity index (χ3v) is 3.19. The van der Waals surface area contributed by atoms with Crippen molar-refractivity contribution in [1.82, 2.24) is 0 Å². The Balaban J connectivity index is 2.47. The third kappa shape index (κ3) is 2.82. The molecule has 0 radical (unpaired) electrons. The van der Waals surface area contributed by atoms with Crippen LogP contribution in [0.3, 0.4) is 0 Å². The monoisotopic (exact) mass is 286 g/mol. The van der Waals surface area contributed by atoms with Crippen LogP contribution in [0.5, 0.6) is 0 Å². The molecule has 2 N–H and O–H groups in total. The minimum atomic E-state index is -2.66. The van der Waals surface area contributed by atoms with Gasteiger partial charge in [-0.1, -0.05) is 0 Å². The van der Waals surface area contributed by atoms with E-state index in [4.69, 9.17) is 10.5 Å². The molecule has 1 fully saturated rings. The highest BCUT2D eigenvalue weighted by molar-refractivity contribution is 5.96. The summed E-state index contributed by atoms with van der Waals surface area (Å²) >= 11 is 0. The molecular weight excluding hydrogens is 270 g/mol. The molecule has 1 aliphatic heterocycles. The molecule has 0 aliphatic carbocycles. The van der Waals surface area contributed by atoms with Crippen LogP contribution < -0.4 is 10.6 Å². The summed E-state index contributed by atoms with van der Waals surface area (Å²) in [5.41, 5.74) is 5.86. The van der Waals surface area contributed by atoms with Crippen LogP contribution >= 0.6 is 0 Å². The predicted octanol–water partition coefficient (Wildman–Crippen LogP) is 1.83. The highest BCUT2D eigenvalue weighted by atomic mass is 19.3. The van der Waals surface area contributed by atoms with Gasteiger partial charge in [0.05, 0.1) is 25.9 Å². The van der Waals surface area contributed by atoms with Crippen molar-refractivity contribution in [2.45, 2.75) is 6.43 Å². The van der Waals surface area contributed by atoms with Crippen molar-refractivity contribution >= 4 is 17.3 Å². The Bertz CT molecular complexity index is 503. The number of carbonyl (C=O) groups is 1. The van der Waals surface area contributed by atoms with Crippen LogP contribution in [-0.4, -0.2) is 39.4 Å². The Hall–Kier alpha value is -1.89. The molecule has 1 aromatic rings. The number of benzene rings is 1. The number of ether oxygens (including phenoxy) is 2. The molecule has 0 unspecified atom stereocenters. The quantitative estimate of drug-likeness (QED) is 0.678. The van der Waals surface area contributed by atoms with Gasteiger partial charge in [-0.3, -0.25) is 0 Å². The number of carbonyl (C=O) groups excluding carboxylic acids is 1. The number of nitrogens with two attached hydrogens (primary N) is 1. The maximum absolute atomic E-state index is 13.1. The van der Waals surface area contributed by atoms with Gasteiger partial charge in [0, 0.05) is 30.0 Å². The number of rotatable bonds is 3. The highest BCUT2D eigenvalue weighted by Gasteiger charge is 2.23. The number of nitrogens with zero attached hydrogens (tertiary/aromatic N) is 1. The van der Waals surface area contributed by atoms with E-state index in [0.717, 1.165) is 6.07 Å². The number of nitrogen functional groups attached to an aromatic ring is 1. The van der Waals surface area contributed by atoms with Crippen LogP contribution in [0, 0.1) is 0 Å². The molecule has 1 heterocycles. The third-order valence-electron chi connectivity index (χ3n) is 3.19. The first-order valence-electron chi connectivity index (χ1n) is 6.17. The van der Waals surface area contributed by atoms with Crippen LogP contribution in [0.4, 0.5) is 20.2 Å². The zero-order chi connectivity index (χ0) is 14.7. The van der Waals surface area contributed by atoms with Crippen LogP contribution in [0.1, 0.15) is 22.3 Å². The molecule has 2 rings (SSSR count). The minimum Gasteiger partial charge on any atom is -0.465 e. The van der Waals surface area contributed by atoms with E-state index in [1.165, 1.54) is 13.2 Å². The van der Waals surface area contributed by atoms with E-state index < -0.39 is 12.4 Å². The molecule has 0 bridgehead atoms. The maximum atomic E-state index is 13.1. The summed E-state index contributed by atoms with van der Waals surface area (Å²) in [6, 6.07) is 2.51. The number of alkyl halides is 2. The predicted molar refractivity (Wildman–Crippen MR) is 70.2 cm³/mol. The molecule has 0 atom stereocenters. The van der Waals surface area contributed by atoms with Crippen LogP contribution in [0.2, 0.25) is 0 Å². The van der Waals surface area contributed by atoms with Gasteiger partial charge in [0.25, 0.3) is 6.43 Å². The Labute approximate surface area is 115 Å². The lowest BCUT2D eigenvalue weighted by molar-refractivity contribution is 0.0601. The molecule has 110 valence electrons. The van der Waals surface area contributed by atoms with Gasteiger partial charge in [0.15, 0.2) is 0 Å². The van der Waals surface area contributed by atoms with Crippen LogP contribution in [-0.2, 0) is 9.47 Å². The summed E-state index contributed by atoms with van der Waals surface area (Å²) < 4.78 is 36.1. The Morgan fingerprint density at radius 3 is 2.60 bits per heavy atom. The largest absolute Gasteiger partial charge is 0.465 e. The first-order chi connectivity index (χ1) is 9.54. The topological polar surface area (TPSA) is 64.8 Å². The summed E-state index contributed by atoms with van der Waals surface area (Å²) in [4.78, 5) is 13.4. The number of methoxy groups -OCH3 is 1. The zero-order valence-electron chi connectivity index (χ0n) is 11.1. The van der Waals surface area contributed by atoms with Crippen molar-refractivity contribution in [2.24, 2.45) is 0 Å². The number of hydrogen-bond donors (Lipinski definition) is 1. The molecule has 0 amide bonds. The van der Waals surface area contributed by atoms with E-state index in [-0.39, 0.29) is 16.8 Å². The summed E-state index contributed by atoms with van der Waals surface area (Å²) in [6.45, 7) is 1.90. The van der Waals surface area contributed by atoms with E-state index in [1.54, 1.807) is 4.90 Å². The number of anilines is 2. The van der Waals surface area contributed by atoms with E-state index in [9.17, 15) is 13.6 Å². The Kier molecular flexibility index (Phi) is 4.39. The molecule has 1 saturated heterocycles. The van der Waals surface area contributed by atoms with Gasteiger partial charge in [-0.25, -0.2) is 13.6 Å². The normalized spacial score (nSPS) is 15.5. The van der Waals surface area contributed by atoms with E-state index in [0.29, 0.717) is 32.0 Å². The molecule has 0 saturated carbocycles. The van der Waals surface area contributed by atoms with Gasteiger partial charge in [0.2, 0.25) is 0 Å². The average molecular weight is 286 g/mol.